The molecule has 1 N–H and O–H groups in total. The van der Waals surface area contributed by atoms with Gasteiger partial charge in [0.2, 0.25) is 0 Å². The standard InChI is InChI=1S/C15H16BrNO3S/c1-11-3-8-14(15(9-11)20-2)17-21(18,19)13-6-4-12(10-16)5-7-13/h3-9,17H,10H2,1-2H3. The fourth-order valence-electron chi connectivity index (χ4n) is 1.84. The number of rotatable bonds is 5. The lowest BCUT2D eigenvalue weighted by molar-refractivity contribution is 0.416. The van der Waals surface area contributed by atoms with Gasteiger partial charge in [-0.1, -0.05) is 34.1 Å². The van der Waals surface area contributed by atoms with Crippen LogP contribution in [0.1, 0.15) is 11.1 Å². The zero-order valence-electron chi connectivity index (χ0n) is 11.8. The molecule has 0 saturated heterocycles. The molecule has 0 atom stereocenters. The lowest BCUT2D eigenvalue weighted by atomic mass is 10.2. The Morgan fingerprint density at radius 2 is 1.81 bits per heavy atom. The Hall–Kier alpha value is -1.53. The maximum atomic E-state index is 12.4. The molecule has 0 amide bonds. The van der Waals surface area contributed by atoms with Crippen LogP contribution in [-0.2, 0) is 15.4 Å². The molecule has 112 valence electrons. The highest BCUT2D eigenvalue weighted by atomic mass is 79.9. The third-order valence-electron chi connectivity index (χ3n) is 2.99. The number of methoxy groups -OCH3 is 1. The molecular weight excluding hydrogens is 354 g/mol. The third kappa shape index (κ3) is 3.77. The summed E-state index contributed by atoms with van der Waals surface area (Å²) in [4.78, 5) is 0.217. The van der Waals surface area contributed by atoms with Crippen LogP contribution in [-0.4, -0.2) is 15.5 Å². The van der Waals surface area contributed by atoms with Crippen LogP contribution in [0.2, 0.25) is 0 Å². The van der Waals surface area contributed by atoms with Crippen LogP contribution in [0.5, 0.6) is 5.75 Å². The highest BCUT2D eigenvalue weighted by Gasteiger charge is 2.16. The molecular formula is C15H16BrNO3S. The van der Waals surface area contributed by atoms with E-state index in [0.29, 0.717) is 16.8 Å². The summed E-state index contributed by atoms with van der Waals surface area (Å²) < 4.78 is 32.5. The van der Waals surface area contributed by atoms with Crippen LogP contribution in [0.25, 0.3) is 0 Å². The lowest BCUT2D eigenvalue weighted by Gasteiger charge is -2.12. The molecule has 2 aromatic carbocycles. The largest absolute Gasteiger partial charge is 0.495 e. The van der Waals surface area contributed by atoms with E-state index in [1.807, 2.05) is 13.0 Å². The van der Waals surface area contributed by atoms with E-state index in [1.54, 1.807) is 36.4 Å². The Labute approximate surface area is 133 Å². The van der Waals surface area contributed by atoms with Crippen molar-refractivity contribution in [3.8, 4) is 5.75 Å². The second-order valence-corrected chi connectivity index (χ2v) is 6.83. The first kappa shape index (κ1) is 15.9. The van der Waals surface area contributed by atoms with Crippen molar-refractivity contribution in [2.75, 3.05) is 11.8 Å². The Morgan fingerprint density at radius 1 is 1.14 bits per heavy atom. The fourth-order valence-corrected chi connectivity index (χ4v) is 3.29. The molecule has 0 saturated carbocycles. The first-order valence-electron chi connectivity index (χ1n) is 6.28. The van der Waals surface area contributed by atoms with Gasteiger partial charge in [-0.3, -0.25) is 4.72 Å². The molecule has 0 heterocycles. The predicted octanol–water partition coefficient (Wildman–Crippen LogP) is 3.70. The average Bonchev–Trinajstić information content (AvgIpc) is 2.49. The van der Waals surface area contributed by atoms with Gasteiger partial charge in [-0.05, 0) is 42.3 Å². The first-order chi connectivity index (χ1) is 9.96. The molecule has 2 rings (SSSR count). The highest BCUT2D eigenvalue weighted by Crippen LogP contribution is 2.27. The smallest absolute Gasteiger partial charge is 0.262 e. The van der Waals surface area contributed by atoms with Crippen molar-refractivity contribution in [1.82, 2.24) is 0 Å². The Kier molecular flexibility index (Phi) is 4.90. The summed E-state index contributed by atoms with van der Waals surface area (Å²) >= 11 is 3.33. The van der Waals surface area contributed by atoms with Gasteiger partial charge in [0.25, 0.3) is 10.0 Å². The van der Waals surface area contributed by atoms with Crippen LogP contribution >= 0.6 is 15.9 Å². The van der Waals surface area contributed by atoms with Crippen molar-refractivity contribution in [3.05, 3.63) is 53.6 Å². The third-order valence-corrected chi connectivity index (χ3v) is 5.02. The van der Waals surface area contributed by atoms with Crippen LogP contribution in [0.3, 0.4) is 0 Å². The first-order valence-corrected chi connectivity index (χ1v) is 8.89. The number of hydrogen-bond donors (Lipinski definition) is 1. The van der Waals surface area contributed by atoms with Gasteiger partial charge in [0.1, 0.15) is 5.75 Å². The number of alkyl halides is 1. The van der Waals surface area contributed by atoms with Gasteiger partial charge in [-0.25, -0.2) is 8.42 Å². The van der Waals surface area contributed by atoms with Crippen LogP contribution in [0, 0.1) is 6.92 Å². The zero-order valence-corrected chi connectivity index (χ0v) is 14.2. The topological polar surface area (TPSA) is 55.4 Å². The molecule has 2 aromatic rings. The summed E-state index contributed by atoms with van der Waals surface area (Å²) in [6, 6.07) is 12.0. The molecule has 0 radical (unpaired) electrons. The average molecular weight is 370 g/mol. The highest BCUT2D eigenvalue weighted by molar-refractivity contribution is 9.08. The maximum Gasteiger partial charge on any atom is 0.262 e. The number of sulfonamides is 1. The number of hydrogen-bond acceptors (Lipinski definition) is 3. The van der Waals surface area contributed by atoms with Crippen molar-refractivity contribution in [3.63, 3.8) is 0 Å². The molecule has 21 heavy (non-hydrogen) atoms. The molecule has 0 aliphatic rings. The van der Waals surface area contributed by atoms with E-state index in [2.05, 4.69) is 20.7 Å². The van der Waals surface area contributed by atoms with E-state index in [4.69, 9.17) is 4.74 Å². The molecule has 0 spiro atoms. The molecule has 0 aliphatic heterocycles. The lowest BCUT2D eigenvalue weighted by Crippen LogP contribution is -2.13. The minimum atomic E-state index is -3.63. The van der Waals surface area contributed by atoms with Gasteiger partial charge < -0.3 is 4.74 Å². The second kappa shape index (κ2) is 6.49. The number of nitrogens with one attached hydrogen (secondary N) is 1. The fraction of sp³-hybridized carbons (Fsp3) is 0.200. The van der Waals surface area contributed by atoms with Crippen molar-refractivity contribution in [2.45, 2.75) is 17.1 Å². The van der Waals surface area contributed by atoms with Gasteiger partial charge in [-0.2, -0.15) is 0 Å². The summed E-state index contributed by atoms with van der Waals surface area (Å²) in [5.41, 5.74) is 2.44. The van der Waals surface area contributed by atoms with E-state index in [0.717, 1.165) is 11.1 Å². The number of anilines is 1. The zero-order chi connectivity index (χ0) is 15.5. The predicted molar refractivity (Wildman–Crippen MR) is 87.6 cm³/mol. The number of aryl methyl sites for hydroxylation is 1. The number of ether oxygens (including phenoxy) is 1. The second-order valence-electron chi connectivity index (χ2n) is 4.59. The summed E-state index contributed by atoms with van der Waals surface area (Å²) in [6.45, 7) is 1.92. The van der Waals surface area contributed by atoms with Gasteiger partial charge in [0.05, 0.1) is 17.7 Å². The quantitative estimate of drug-likeness (QED) is 0.817. The van der Waals surface area contributed by atoms with E-state index < -0.39 is 10.0 Å². The minimum absolute atomic E-state index is 0.217. The summed E-state index contributed by atoms with van der Waals surface area (Å²) in [7, 11) is -2.12. The monoisotopic (exact) mass is 369 g/mol. The summed E-state index contributed by atoms with van der Waals surface area (Å²) in [5.74, 6) is 0.496. The molecule has 4 nitrogen and oxygen atoms in total. The van der Waals surface area contributed by atoms with Crippen LogP contribution in [0.15, 0.2) is 47.4 Å². The maximum absolute atomic E-state index is 12.4. The van der Waals surface area contributed by atoms with Crippen LogP contribution in [0.4, 0.5) is 5.69 Å². The van der Waals surface area contributed by atoms with Crippen molar-refractivity contribution in [1.29, 1.82) is 0 Å². The van der Waals surface area contributed by atoms with E-state index in [9.17, 15) is 8.42 Å². The van der Waals surface area contributed by atoms with Gasteiger partial charge in [0, 0.05) is 5.33 Å². The summed E-state index contributed by atoms with van der Waals surface area (Å²) in [5, 5.41) is 0.687. The molecule has 0 bridgehead atoms. The Balaban J connectivity index is 2.32. The van der Waals surface area contributed by atoms with Gasteiger partial charge in [0.15, 0.2) is 0 Å². The number of benzene rings is 2. The van der Waals surface area contributed by atoms with Gasteiger partial charge >= 0.3 is 0 Å². The molecule has 0 aliphatic carbocycles. The van der Waals surface area contributed by atoms with Crippen LogP contribution < -0.4 is 9.46 Å². The van der Waals surface area contributed by atoms with E-state index in [1.165, 1.54) is 7.11 Å². The molecule has 0 fully saturated rings. The van der Waals surface area contributed by atoms with E-state index in [-0.39, 0.29) is 4.90 Å². The van der Waals surface area contributed by atoms with Gasteiger partial charge in [-0.15, -0.1) is 0 Å². The van der Waals surface area contributed by atoms with Crippen molar-refractivity contribution < 1.29 is 13.2 Å². The van der Waals surface area contributed by atoms with Crippen molar-refractivity contribution in [2.24, 2.45) is 0 Å². The van der Waals surface area contributed by atoms with Crippen molar-refractivity contribution >= 4 is 31.6 Å². The normalized spacial score (nSPS) is 11.2. The summed E-state index contributed by atoms with van der Waals surface area (Å²) in [6.07, 6.45) is 0. The SMILES string of the molecule is COc1cc(C)ccc1NS(=O)(=O)c1ccc(CBr)cc1. The molecule has 0 aromatic heterocycles. The minimum Gasteiger partial charge on any atom is -0.495 e. The molecule has 6 heteroatoms. The molecule has 0 unspecified atom stereocenters. The Morgan fingerprint density at radius 3 is 2.38 bits per heavy atom. The number of halogens is 1. The Bertz CT molecular complexity index is 727. The van der Waals surface area contributed by atoms with E-state index >= 15 is 0 Å².